The topological polar surface area (TPSA) is 122 Å². The van der Waals surface area contributed by atoms with E-state index >= 15 is 0 Å². The van der Waals surface area contributed by atoms with Gasteiger partial charge in [-0.05, 0) is 43.9 Å². The Labute approximate surface area is 241 Å². The molecular weight excluding hydrogens is 552 g/mol. The minimum absolute atomic E-state index is 0.0222. The third-order valence-corrected chi connectivity index (χ3v) is 8.49. The van der Waals surface area contributed by atoms with Crippen LogP contribution in [-0.2, 0) is 26.2 Å². The second kappa shape index (κ2) is 13.3. The molecule has 11 heteroatoms. The smallest absolute Gasteiger partial charge is 0.264 e. The molecule has 0 radical (unpaired) electrons. The van der Waals surface area contributed by atoms with E-state index in [2.05, 4.69) is 15.2 Å². The molecule has 2 aromatic carbocycles. The molecule has 3 aromatic rings. The van der Waals surface area contributed by atoms with Crippen molar-refractivity contribution in [3.63, 3.8) is 0 Å². The van der Waals surface area contributed by atoms with E-state index < -0.39 is 16.1 Å². The van der Waals surface area contributed by atoms with Gasteiger partial charge in [0, 0.05) is 41.7 Å². The number of benzene rings is 2. The maximum absolute atomic E-state index is 13.3. The lowest BCUT2D eigenvalue weighted by atomic mass is 9.99. The molecule has 2 N–H and O–H groups in total. The van der Waals surface area contributed by atoms with E-state index in [0.29, 0.717) is 33.8 Å². The van der Waals surface area contributed by atoms with Crippen molar-refractivity contribution in [2.24, 2.45) is 5.92 Å². The van der Waals surface area contributed by atoms with Crippen molar-refractivity contribution in [1.29, 1.82) is 0 Å². The molecule has 0 saturated heterocycles. The molecular formula is C29H37ClN4O5S. The minimum Gasteiger partial charge on any atom is -0.357 e. The van der Waals surface area contributed by atoms with E-state index in [4.69, 9.17) is 16.1 Å². The predicted molar refractivity (Wildman–Crippen MR) is 156 cm³/mol. The highest BCUT2D eigenvalue weighted by molar-refractivity contribution is 7.92. The fourth-order valence-corrected chi connectivity index (χ4v) is 6.02. The summed E-state index contributed by atoms with van der Waals surface area (Å²) in [7, 11) is -2.48. The SMILES string of the molecule is CCCCC(=O)N(Cc1ccc(-c2ccccc2S(=O)(=O)Nc2onc(C)c2C)c(Cl)c1)C(C(=O)NC)C(C)C. The van der Waals surface area contributed by atoms with Gasteiger partial charge in [-0.2, -0.15) is 0 Å². The number of unbranched alkanes of at least 4 members (excludes halogenated alkanes) is 1. The van der Waals surface area contributed by atoms with Gasteiger partial charge in [0.2, 0.25) is 17.7 Å². The average molecular weight is 589 g/mol. The van der Waals surface area contributed by atoms with Crippen molar-refractivity contribution in [2.45, 2.75) is 71.4 Å². The number of likely N-dealkylation sites (N-methyl/N-ethyl adjacent to an activating group) is 1. The van der Waals surface area contributed by atoms with Crippen molar-refractivity contribution in [3.8, 4) is 11.1 Å². The lowest BCUT2D eigenvalue weighted by molar-refractivity contribution is -0.142. The van der Waals surface area contributed by atoms with Gasteiger partial charge in [-0.15, -0.1) is 0 Å². The van der Waals surface area contributed by atoms with Crippen LogP contribution in [0, 0.1) is 19.8 Å². The highest BCUT2D eigenvalue weighted by Crippen LogP contribution is 2.35. The molecule has 1 atom stereocenters. The molecule has 0 bridgehead atoms. The summed E-state index contributed by atoms with van der Waals surface area (Å²) in [6.07, 6.45) is 1.92. The first-order chi connectivity index (χ1) is 18.9. The van der Waals surface area contributed by atoms with Crippen molar-refractivity contribution < 1.29 is 22.5 Å². The molecule has 1 aromatic heterocycles. The van der Waals surface area contributed by atoms with Gasteiger partial charge in [-0.1, -0.05) is 74.3 Å². The van der Waals surface area contributed by atoms with E-state index in [0.717, 1.165) is 18.4 Å². The molecule has 0 fully saturated rings. The Hall–Kier alpha value is -3.37. The number of sulfonamides is 1. The number of anilines is 1. The molecule has 40 heavy (non-hydrogen) atoms. The lowest BCUT2D eigenvalue weighted by Crippen LogP contribution is -2.51. The third kappa shape index (κ3) is 7.03. The Kier molecular flexibility index (Phi) is 10.4. The van der Waals surface area contributed by atoms with Crippen LogP contribution in [-0.4, -0.2) is 43.4 Å². The van der Waals surface area contributed by atoms with E-state index in [1.807, 2.05) is 20.8 Å². The van der Waals surface area contributed by atoms with Crippen LogP contribution in [0.5, 0.6) is 0 Å². The Bertz CT molecular complexity index is 1470. The number of carbonyl (C=O) groups excluding carboxylic acids is 2. The van der Waals surface area contributed by atoms with E-state index in [1.165, 1.54) is 6.07 Å². The highest BCUT2D eigenvalue weighted by atomic mass is 35.5. The van der Waals surface area contributed by atoms with Gasteiger partial charge >= 0.3 is 0 Å². The van der Waals surface area contributed by atoms with Gasteiger partial charge in [-0.3, -0.25) is 9.59 Å². The van der Waals surface area contributed by atoms with Crippen LogP contribution in [0.3, 0.4) is 0 Å². The molecule has 9 nitrogen and oxygen atoms in total. The van der Waals surface area contributed by atoms with Crippen LogP contribution >= 0.6 is 11.6 Å². The number of rotatable bonds is 12. The maximum Gasteiger partial charge on any atom is 0.264 e. The molecule has 0 saturated carbocycles. The van der Waals surface area contributed by atoms with Crippen LogP contribution < -0.4 is 10.0 Å². The van der Waals surface area contributed by atoms with Gasteiger partial charge in [-0.25, -0.2) is 13.1 Å². The largest absolute Gasteiger partial charge is 0.357 e. The fourth-order valence-electron chi connectivity index (χ4n) is 4.45. The number of nitrogens with zero attached hydrogens (tertiary/aromatic N) is 2. The molecule has 0 aliphatic carbocycles. The van der Waals surface area contributed by atoms with Gasteiger partial charge in [0.15, 0.2) is 0 Å². The molecule has 2 amide bonds. The van der Waals surface area contributed by atoms with Crippen LogP contribution in [0.25, 0.3) is 11.1 Å². The van der Waals surface area contributed by atoms with Crippen molar-refractivity contribution >= 4 is 39.3 Å². The Morgan fingerprint density at radius 3 is 2.38 bits per heavy atom. The van der Waals surface area contributed by atoms with Crippen LogP contribution in [0.2, 0.25) is 5.02 Å². The molecule has 216 valence electrons. The normalized spacial score (nSPS) is 12.3. The van der Waals surface area contributed by atoms with Crippen molar-refractivity contribution in [1.82, 2.24) is 15.4 Å². The zero-order chi connectivity index (χ0) is 29.6. The Morgan fingerprint density at radius 1 is 1.10 bits per heavy atom. The summed E-state index contributed by atoms with van der Waals surface area (Å²) < 4.78 is 34.3. The van der Waals surface area contributed by atoms with Crippen LogP contribution in [0.4, 0.5) is 5.88 Å². The van der Waals surface area contributed by atoms with Gasteiger partial charge in [0.1, 0.15) is 6.04 Å². The monoisotopic (exact) mass is 588 g/mol. The van der Waals surface area contributed by atoms with Crippen LogP contribution in [0.15, 0.2) is 51.9 Å². The number of aryl methyl sites for hydroxylation is 1. The molecule has 0 aliphatic heterocycles. The molecule has 0 aliphatic rings. The van der Waals surface area contributed by atoms with Crippen LogP contribution in [0.1, 0.15) is 56.9 Å². The van der Waals surface area contributed by atoms with E-state index in [-0.39, 0.29) is 35.1 Å². The first-order valence-corrected chi connectivity index (χ1v) is 15.1. The standard InChI is InChI=1S/C29H37ClN4O5S/c1-7-8-13-26(35)34(27(18(2)3)28(36)31-6)17-21-14-15-22(24(30)16-21)23-11-9-10-12-25(23)40(37,38)33-29-19(4)20(5)32-39-29/h9-12,14-16,18,27,33H,7-8,13,17H2,1-6H3,(H,31,36). The number of halogens is 1. The fraction of sp³-hybridized carbons (Fsp3) is 0.414. The first-order valence-electron chi connectivity index (χ1n) is 13.3. The predicted octanol–water partition coefficient (Wildman–Crippen LogP) is 5.70. The van der Waals surface area contributed by atoms with Crippen molar-refractivity contribution in [3.05, 3.63) is 64.3 Å². The average Bonchev–Trinajstić information content (AvgIpc) is 3.22. The Balaban J connectivity index is 1.98. The number of aromatic nitrogens is 1. The van der Waals surface area contributed by atoms with Crippen molar-refractivity contribution in [2.75, 3.05) is 11.8 Å². The van der Waals surface area contributed by atoms with E-state index in [9.17, 15) is 18.0 Å². The summed E-state index contributed by atoms with van der Waals surface area (Å²) in [6, 6.07) is 11.1. The lowest BCUT2D eigenvalue weighted by Gasteiger charge is -2.33. The number of hydrogen-bond donors (Lipinski definition) is 2. The second-order valence-corrected chi connectivity index (χ2v) is 12.1. The Morgan fingerprint density at radius 2 is 1.80 bits per heavy atom. The first kappa shape index (κ1) is 31.2. The summed E-state index contributed by atoms with van der Waals surface area (Å²) in [4.78, 5) is 27.6. The molecule has 0 spiro atoms. The summed E-state index contributed by atoms with van der Waals surface area (Å²) in [5.74, 6) is -0.393. The summed E-state index contributed by atoms with van der Waals surface area (Å²) in [5.41, 5.74) is 2.81. The van der Waals surface area contributed by atoms with Gasteiger partial charge in [0.25, 0.3) is 10.0 Å². The molecule has 3 rings (SSSR count). The van der Waals surface area contributed by atoms with Gasteiger partial charge < -0.3 is 14.7 Å². The number of hydrogen-bond acceptors (Lipinski definition) is 6. The zero-order valence-corrected chi connectivity index (χ0v) is 25.3. The quantitative estimate of drug-likeness (QED) is 0.280. The maximum atomic E-state index is 13.3. The number of amides is 2. The minimum atomic E-state index is -4.04. The summed E-state index contributed by atoms with van der Waals surface area (Å²) >= 11 is 6.73. The summed E-state index contributed by atoms with van der Waals surface area (Å²) in [6.45, 7) is 9.45. The highest BCUT2D eigenvalue weighted by Gasteiger charge is 2.32. The zero-order valence-electron chi connectivity index (χ0n) is 23.7. The van der Waals surface area contributed by atoms with E-state index in [1.54, 1.807) is 62.2 Å². The molecule has 1 unspecified atom stereocenters. The number of nitrogens with one attached hydrogen (secondary N) is 2. The summed E-state index contributed by atoms with van der Waals surface area (Å²) in [5, 5.41) is 6.80. The van der Waals surface area contributed by atoms with Gasteiger partial charge in [0.05, 0.1) is 10.6 Å². The number of carbonyl (C=O) groups is 2. The molecule has 1 heterocycles. The second-order valence-electron chi connectivity index (χ2n) is 10.1. The third-order valence-electron chi connectivity index (χ3n) is 6.78.